The van der Waals surface area contributed by atoms with E-state index in [2.05, 4.69) is 10.3 Å². The zero-order valence-corrected chi connectivity index (χ0v) is 17.5. The Hall–Kier alpha value is -3.30. The zero-order chi connectivity index (χ0) is 23.8. The number of ether oxygens (including phenoxy) is 1. The molecule has 1 aliphatic rings. The van der Waals surface area contributed by atoms with E-state index in [9.17, 15) is 27.5 Å². The standard InChI is InChI=1S/C24H20F4N2O3/c1-14(31)19-10-21(24(26,27)28)29-11-20(19)15-2-4-16(5-3-15)23(12-33-13-23)22(32)30-18-8-6-17(25)7-9-18/h2-11,14,31H,12-13H2,1H3,(H,30,32). The lowest BCUT2D eigenvalue weighted by Gasteiger charge is -2.40. The van der Waals surface area contributed by atoms with Crippen LogP contribution in [0.3, 0.4) is 0 Å². The molecule has 2 heterocycles. The van der Waals surface area contributed by atoms with Crippen molar-refractivity contribution in [1.29, 1.82) is 0 Å². The number of aliphatic hydroxyl groups excluding tert-OH is 1. The maximum absolute atomic E-state index is 13.1. The van der Waals surface area contributed by atoms with Crippen LogP contribution in [0.15, 0.2) is 60.8 Å². The van der Waals surface area contributed by atoms with E-state index < -0.39 is 29.2 Å². The van der Waals surface area contributed by atoms with Crippen molar-refractivity contribution in [3.8, 4) is 11.1 Å². The fourth-order valence-corrected chi connectivity index (χ4v) is 3.70. The Labute approximate surface area is 187 Å². The largest absolute Gasteiger partial charge is 0.433 e. The highest BCUT2D eigenvalue weighted by atomic mass is 19.4. The Balaban J connectivity index is 1.62. The first-order valence-corrected chi connectivity index (χ1v) is 10.1. The first kappa shape index (κ1) is 22.9. The third-order valence-corrected chi connectivity index (χ3v) is 5.66. The SMILES string of the molecule is CC(O)c1cc(C(F)(F)F)ncc1-c1ccc(C2(C(=O)Nc3ccc(F)cc3)COC2)cc1. The van der Waals surface area contributed by atoms with E-state index in [-0.39, 0.29) is 24.7 Å². The molecule has 0 radical (unpaired) electrons. The molecule has 33 heavy (non-hydrogen) atoms. The topological polar surface area (TPSA) is 71.5 Å². The Morgan fingerprint density at radius 1 is 1.12 bits per heavy atom. The summed E-state index contributed by atoms with van der Waals surface area (Å²) in [5.74, 6) is -0.728. The lowest BCUT2D eigenvalue weighted by Crippen LogP contribution is -2.55. The van der Waals surface area contributed by atoms with Gasteiger partial charge in [0.25, 0.3) is 0 Å². The van der Waals surface area contributed by atoms with Gasteiger partial charge in [0.15, 0.2) is 0 Å². The molecule has 1 aliphatic heterocycles. The average molecular weight is 460 g/mol. The maximum Gasteiger partial charge on any atom is 0.433 e. The Morgan fingerprint density at radius 2 is 1.76 bits per heavy atom. The van der Waals surface area contributed by atoms with E-state index in [1.807, 2.05) is 0 Å². The van der Waals surface area contributed by atoms with Crippen LogP contribution < -0.4 is 5.32 Å². The number of anilines is 1. The highest BCUT2D eigenvalue weighted by Crippen LogP contribution is 2.37. The number of alkyl halides is 3. The van der Waals surface area contributed by atoms with Crippen molar-refractivity contribution in [2.75, 3.05) is 18.5 Å². The Bertz CT molecular complexity index is 1160. The van der Waals surface area contributed by atoms with Gasteiger partial charge >= 0.3 is 6.18 Å². The molecule has 1 aromatic heterocycles. The average Bonchev–Trinajstić information content (AvgIpc) is 2.74. The summed E-state index contributed by atoms with van der Waals surface area (Å²) in [6, 6.07) is 13.0. The van der Waals surface area contributed by atoms with E-state index in [4.69, 9.17) is 4.74 Å². The Kier molecular flexibility index (Phi) is 5.94. The summed E-state index contributed by atoms with van der Waals surface area (Å²) in [5, 5.41) is 12.8. The highest BCUT2D eigenvalue weighted by molar-refractivity contribution is 6.00. The molecule has 0 bridgehead atoms. The molecule has 0 spiro atoms. The molecule has 2 N–H and O–H groups in total. The van der Waals surface area contributed by atoms with Gasteiger partial charge in [0.1, 0.15) is 16.9 Å². The van der Waals surface area contributed by atoms with Crippen LogP contribution in [0.1, 0.15) is 29.8 Å². The zero-order valence-electron chi connectivity index (χ0n) is 17.5. The molecule has 1 atom stereocenters. The number of halogens is 4. The molecular weight excluding hydrogens is 440 g/mol. The number of rotatable bonds is 5. The van der Waals surface area contributed by atoms with Gasteiger partial charge in [-0.2, -0.15) is 13.2 Å². The van der Waals surface area contributed by atoms with Crippen molar-refractivity contribution in [3.63, 3.8) is 0 Å². The van der Waals surface area contributed by atoms with Crippen molar-refractivity contribution in [2.24, 2.45) is 0 Å². The molecule has 5 nitrogen and oxygen atoms in total. The molecule has 0 saturated carbocycles. The molecular formula is C24H20F4N2O3. The van der Waals surface area contributed by atoms with Crippen LogP contribution in [0.25, 0.3) is 11.1 Å². The van der Waals surface area contributed by atoms with Gasteiger partial charge in [0, 0.05) is 17.4 Å². The van der Waals surface area contributed by atoms with Crippen LogP contribution in [0, 0.1) is 5.82 Å². The van der Waals surface area contributed by atoms with Gasteiger partial charge in [0.2, 0.25) is 5.91 Å². The lowest BCUT2D eigenvalue weighted by atomic mass is 9.77. The van der Waals surface area contributed by atoms with Crippen LogP contribution in [0.2, 0.25) is 0 Å². The molecule has 1 amide bonds. The first-order valence-electron chi connectivity index (χ1n) is 10.1. The summed E-state index contributed by atoms with van der Waals surface area (Å²) in [4.78, 5) is 16.5. The second-order valence-corrected chi connectivity index (χ2v) is 7.94. The molecule has 2 aromatic carbocycles. The summed E-state index contributed by atoms with van der Waals surface area (Å²) in [5.41, 5.74) is 0.0858. The van der Waals surface area contributed by atoms with Gasteiger partial charge in [-0.15, -0.1) is 0 Å². The smallest absolute Gasteiger partial charge is 0.389 e. The van der Waals surface area contributed by atoms with E-state index >= 15 is 0 Å². The van der Waals surface area contributed by atoms with Crippen molar-refractivity contribution < 1.29 is 32.2 Å². The van der Waals surface area contributed by atoms with E-state index in [0.29, 0.717) is 22.4 Å². The number of carbonyl (C=O) groups is 1. The first-order chi connectivity index (χ1) is 15.6. The maximum atomic E-state index is 13.1. The summed E-state index contributed by atoms with van der Waals surface area (Å²) < 4.78 is 57.5. The van der Waals surface area contributed by atoms with Crippen LogP contribution >= 0.6 is 0 Å². The van der Waals surface area contributed by atoms with Gasteiger partial charge in [-0.3, -0.25) is 9.78 Å². The molecule has 172 valence electrons. The highest BCUT2D eigenvalue weighted by Gasteiger charge is 2.47. The molecule has 1 unspecified atom stereocenters. The monoisotopic (exact) mass is 460 g/mol. The van der Waals surface area contributed by atoms with Crippen LogP contribution in [0.5, 0.6) is 0 Å². The van der Waals surface area contributed by atoms with Crippen molar-refractivity contribution in [1.82, 2.24) is 4.98 Å². The number of aromatic nitrogens is 1. The summed E-state index contributed by atoms with van der Waals surface area (Å²) in [7, 11) is 0. The third kappa shape index (κ3) is 4.46. The van der Waals surface area contributed by atoms with Crippen LogP contribution in [-0.2, 0) is 21.1 Å². The van der Waals surface area contributed by atoms with Crippen molar-refractivity contribution in [3.05, 3.63) is 83.4 Å². The second kappa shape index (κ2) is 8.57. The molecule has 9 heteroatoms. The van der Waals surface area contributed by atoms with E-state index in [0.717, 1.165) is 12.3 Å². The number of aliphatic hydroxyl groups is 1. The fourth-order valence-electron chi connectivity index (χ4n) is 3.70. The van der Waals surface area contributed by atoms with Gasteiger partial charge < -0.3 is 15.2 Å². The van der Waals surface area contributed by atoms with Crippen LogP contribution in [-0.4, -0.2) is 29.2 Å². The predicted molar refractivity (Wildman–Crippen MR) is 113 cm³/mol. The summed E-state index contributed by atoms with van der Waals surface area (Å²) in [6.45, 7) is 1.69. The third-order valence-electron chi connectivity index (χ3n) is 5.66. The fraction of sp³-hybridized carbons (Fsp3) is 0.250. The minimum atomic E-state index is -4.62. The molecule has 0 aliphatic carbocycles. The number of nitrogens with one attached hydrogen (secondary N) is 1. The number of carbonyl (C=O) groups excluding carboxylic acids is 1. The van der Waals surface area contributed by atoms with Crippen LogP contribution in [0.4, 0.5) is 23.2 Å². The number of pyridine rings is 1. The lowest BCUT2D eigenvalue weighted by molar-refractivity contribution is -0.141. The molecule has 4 rings (SSSR count). The molecule has 1 saturated heterocycles. The predicted octanol–water partition coefficient (Wildman–Crippen LogP) is 4.87. The summed E-state index contributed by atoms with van der Waals surface area (Å²) >= 11 is 0. The molecule has 1 fully saturated rings. The quantitative estimate of drug-likeness (QED) is 0.533. The summed E-state index contributed by atoms with van der Waals surface area (Å²) in [6.07, 6.45) is -4.68. The number of hydrogen-bond acceptors (Lipinski definition) is 4. The van der Waals surface area contributed by atoms with E-state index in [1.54, 1.807) is 24.3 Å². The van der Waals surface area contributed by atoms with Crippen molar-refractivity contribution in [2.45, 2.75) is 24.6 Å². The van der Waals surface area contributed by atoms with Gasteiger partial charge in [-0.25, -0.2) is 4.39 Å². The number of amides is 1. The number of nitrogens with zero attached hydrogens (tertiary/aromatic N) is 1. The Morgan fingerprint density at radius 3 is 2.27 bits per heavy atom. The number of hydrogen-bond donors (Lipinski definition) is 2. The second-order valence-electron chi connectivity index (χ2n) is 7.94. The van der Waals surface area contributed by atoms with Gasteiger partial charge in [0.05, 0.1) is 19.3 Å². The molecule has 3 aromatic rings. The van der Waals surface area contributed by atoms with Crippen molar-refractivity contribution >= 4 is 11.6 Å². The van der Waals surface area contributed by atoms with Gasteiger partial charge in [-0.1, -0.05) is 24.3 Å². The van der Waals surface area contributed by atoms with E-state index in [1.165, 1.54) is 31.2 Å². The normalized spacial score (nSPS) is 16.1. The minimum Gasteiger partial charge on any atom is -0.389 e. The van der Waals surface area contributed by atoms with Gasteiger partial charge in [-0.05, 0) is 53.9 Å². The minimum absolute atomic E-state index is 0.0980. The number of benzene rings is 2.